The molecule has 0 saturated heterocycles. The van der Waals surface area contributed by atoms with Gasteiger partial charge in [-0.1, -0.05) is 55.3 Å². The van der Waals surface area contributed by atoms with E-state index in [0.717, 1.165) is 17.7 Å². The zero-order valence-corrected chi connectivity index (χ0v) is 11.1. The highest BCUT2D eigenvalue weighted by Gasteiger charge is 1.92. The molecule has 0 bridgehead atoms. The van der Waals surface area contributed by atoms with E-state index in [9.17, 15) is 0 Å². The Morgan fingerprint density at radius 3 is 2.22 bits per heavy atom. The first-order valence-electron chi connectivity index (χ1n) is 6.47. The summed E-state index contributed by atoms with van der Waals surface area (Å²) in [5, 5.41) is 0. The van der Waals surface area contributed by atoms with Gasteiger partial charge in [0, 0.05) is 6.21 Å². The summed E-state index contributed by atoms with van der Waals surface area (Å²) in [4.78, 5) is 4.48. The van der Waals surface area contributed by atoms with E-state index >= 15 is 0 Å². The Labute approximate surface area is 109 Å². The average Bonchev–Trinajstić information content (AvgIpc) is 2.40. The van der Waals surface area contributed by atoms with Crippen LogP contribution in [-0.2, 0) is 6.42 Å². The molecule has 1 heteroatoms. The lowest BCUT2D eigenvalue weighted by atomic mass is 10.1. The summed E-state index contributed by atoms with van der Waals surface area (Å²) in [7, 11) is 0. The molecule has 2 rings (SSSR count). The van der Waals surface area contributed by atoms with E-state index in [4.69, 9.17) is 0 Å². The normalized spacial score (nSPS) is 11.0. The quantitative estimate of drug-likeness (QED) is 0.683. The molecule has 0 N–H and O–H groups in total. The summed E-state index contributed by atoms with van der Waals surface area (Å²) in [6.45, 7) is 4.29. The van der Waals surface area contributed by atoms with E-state index in [-0.39, 0.29) is 0 Å². The summed E-state index contributed by atoms with van der Waals surface area (Å²) in [5.41, 5.74) is 4.80. The number of nitrogens with zero attached hydrogens (tertiary/aromatic N) is 1. The number of aryl methyl sites for hydroxylation is 2. The van der Waals surface area contributed by atoms with Crippen molar-refractivity contribution in [1.29, 1.82) is 0 Å². The largest absolute Gasteiger partial charge is 0.256 e. The van der Waals surface area contributed by atoms with Crippen LogP contribution in [0.15, 0.2) is 53.5 Å². The number of hydrogen-bond donors (Lipinski definition) is 0. The van der Waals surface area contributed by atoms with Crippen molar-refractivity contribution in [1.82, 2.24) is 0 Å². The van der Waals surface area contributed by atoms with E-state index < -0.39 is 0 Å². The molecule has 2 aromatic rings. The van der Waals surface area contributed by atoms with Crippen molar-refractivity contribution in [2.24, 2.45) is 4.99 Å². The second-order valence-corrected chi connectivity index (χ2v) is 4.59. The zero-order valence-electron chi connectivity index (χ0n) is 11.1. The van der Waals surface area contributed by atoms with E-state index in [0.29, 0.717) is 0 Å². The summed E-state index contributed by atoms with van der Waals surface area (Å²) in [5.74, 6) is 0. The van der Waals surface area contributed by atoms with E-state index in [2.05, 4.69) is 67.4 Å². The highest BCUT2D eigenvalue weighted by molar-refractivity contribution is 5.81. The number of hydrogen-bond acceptors (Lipinski definition) is 1. The van der Waals surface area contributed by atoms with Crippen molar-refractivity contribution in [2.75, 3.05) is 0 Å². The van der Waals surface area contributed by atoms with Crippen LogP contribution in [0.5, 0.6) is 0 Å². The number of rotatable bonds is 4. The molecule has 1 nitrogen and oxygen atoms in total. The van der Waals surface area contributed by atoms with Crippen LogP contribution >= 0.6 is 0 Å². The third-order valence-corrected chi connectivity index (χ3v) is 2.92. The Morgan fingerprint density at radius 1 is 0.944 bits per heavy atom. The van der Waals surface area contributed by atoms with Crippen molar-refractivity contribution in [3.63, 3.8) is 0 Å². The maximum absolute atomic E-state index is 4.48. The molecule has 0 spiro atoms. The smallest absolute Gasteiger partial charge is 0.0630 e. The molecule has 18 heavy (non-hydrogen) atoms. The first-order valence-corrected chi connectivity index (χ1v) is 6.47. The minimum atomic E-state index is 1.01. The maximum Gasteiger partial charge on any atom is 0.0630 e. The molecule has 0 aromatic heterocycles. The molecule has 0 unspecified atom stereocenters. The fourth-order valence-electron chi connectivity index (χ4n) is 1.84. The Hall–Kier alpha value is -1.89. The van der Waals surface area contributed by atoms with Crippen molar-refractivity contribution in [3.05, 3.63) is 65.2 Å². The summed E-state index contributed by atoms with van der Waals surface area (Å²) in [6, 6.07) is 16.9. The lowest BCUT2D eigenvalue weighted by molar-refractivity contribution is 0.922. The van der Waals surface area contributed by atoms with Crippen LogP contribution < -0.4 is 0 Å². The Kier molecular flexibility index (Phi) is 4.30. The SMILES string of the molecule is CCCc1ccc(/N=C/c2ccc(C)cc2)cc1. The second kappa shape index (κ2) is 6.15. The van der Waals surface area contributed by atoms with Gasteiger partial charge in [0.2, 0.25) is 0 Å². The van der Waals surface area contributed by atoms with Gasteiger partial charge >= 0.3 is 0 Å². The molecule has 2 aromatic carbocycles. The molecular formula is C17H19N. The molecule has 0 aliphatic heterocycles. The summed E-state index contributed by atoms with van der Waals surface area (Å²) >= 11 is 0. The molecule has 0 aliphatic rings. The molecule has 0 amide bonds. The van der Waals surface area contributed by atoms with E-state index in [1.54, 1.807) is 0 Å². The number of benzene rings is 2. The first-order chi connectivity index (χ1) is 8.78. The fraction of sp³-hybridized carbons (Fsp3) is 0.235. The Morgan fingerprint density at radius 2 is 1.61 bits per heavy atom. The molecule has 0 saturated carbocycles. The predicted octanol–water partition coefficient (Wildman–Crippen LogP) is 4.70. The van der Waals surface area contributed by atoms with Crippen molar-refractivity contribution >= 4 is 11.9 Å². The molecular weight excluding hydrogens is 218 g/mol. The monoisotopic (exact) mass is 237 g/mol. The lowest BCUT2D eigenvalue weighted by Gasteiger charge is -1.99. The third-order valence-electron chi connectivity index (χ3n) is 2.92. The van der Waals surface area contributed by atoms with Gasteiger partial charge in [0.25, 0.3) is 0 Å². The molecule has 92 valence electrons. The van der Waals surface area contributed by atoms with Crippen LogP contribution in [0.4, 0.5) is 5.69 Å². The topological polar surface area (TPSA) is 12.4 Å². The predicted molar refractivity (Wildman–Crippen MR) is 78.9 cm³/mol. The van der Waals surface area contributed by atoms with Crippen LogP contribution in [0.1, 0.15) is 30.0 Å². The van der Waals surface area contributed by atoms with Crippen molar-refractivity contribution < 1.29 is 0 Å². The highest BCUT2D eigenvalue weighted by atomic mass is 14.7. The third kappa shape index (κ3) is 3.56. The lowest BCUT2D eigenvalue weighted by Crippen LogP contribution is -1.82. The molecule has 0 aliphatic carbocycles. The highest BCUT2D eigenvalue weighted by Crippen LogP contribution is 2.14. The van der Waals surface area contributed by atoms with Gasteiger partial charge in [0.1, 0.15) is 0 Å². The standard InChI is InChI=1S/C17H19N/c1-3-4-15-9-11-17(12-10-15)18-13-16-7-5-14(2)6-8-16/h5-13H,3-4H2,1-2H3/b18-13+. The van der Waals surface area contributed by atoms with Gasteiger partial charge < -0.3 is 0 Å². The van der Waals surface area contributed by atoms with Gasteiger partial charge in [-0.25, -0.2) is 0 Å². The van der Waals surface area contributed by atoms with E-state index in [1.165, 1.54) is 17.5 Å². The molecule has 0 heterocycles. The minimum Gasteiger partial charge on any atom is -0.256 e. The first kappa shape index (κ1) is 12.6. The molecule has 0 atom stereocenters. The van der Waals surface area contributed by atoms with Gasteiger partial charge in [-0.05, 0) is 36.6 Å². The van der Waals surface area contributed by atoms with Gasteiger partial charge in [-0.2, -0.15) is 0 Å². The minimum absolute atomic E-state index is 1.01. The maximum atomic E-state index is 4.48. The zero-order chi connectivity index (χ0) is 12.8. The van der Waals surface area contributed by atoms with Crippen molar-refractivity contribution in [3.8, 4) is 0 Å². The van der Waals surface area contributed by atoms with E-state index in [1.807, 2.05) is 6.21 Å². The summed E-state index contributed by atoms with van der Waals surface area (Å²) < 4.78 is 0. The average molecular weight is 237 g/mol. The van der Waals surface area contributed by atoms with Gasteiger partial charge in [0.05, 0.1) is 5.69 Å². The summed E-state index contributed by atoms with van der Waals surface area (Å²) in [6.07, 6.45) is 4.24. The van der Waals surface area contributed by atoms with Crippen LogP contribution in [-0.4, -0.2) is 6.21 Å². The van der Waals surface area contributed by atoms with Crippen LogP contribution in [0.2, 0.25) is 0 Å². The van der Waals surface area contributed by atoms with Gasteiger partial charge in [-0.15, -0.1) is 0 Å². The van der Waals surface area contributed by atoms with Crippen molar-refractivity contribution in [2.45, 2.75) is 26.7 Å². The molecule has 0 radical (unpaired) electrons. The fourth-order valence-corrected chi connectivity index (χ4v) is 1.84. The number of aliphatic imine (C=N–C) groups is 1. The van der Waals surface area contributed by atoms with Crippen LogP contribution in [0.3, 0.4) is 0 Å². The Balaban J connectivity index is 2.06. The van der Waals surface area contributed by atoms with Crippen LogP contribution in [0.25, 0.3) is 0 Å². The molecule has 0 fully saturated rings. The second-order valence-electron chi connectivity index (χ2n) is 4.59. The van der Waals surface area contributed by atoms with Gasteiger partial charge in [0.15, 0.2) is 0 Å². The van der Waals surface area contributed by atoms with Crippen LogP contribution in [0, 0.1) is 6.92 Å². The van der Waals surface area contributed by atoms with Gasteiger partial charge in [-0.3, -0.25) is 4.99 Å². The Bertz CT molecular complexity index is 506.